The van der Waals surface area contributed by atoms with Crippen LogP contribution in [0.1, 0.15) is 36.6 Å². The Kier molecular flexibility index (Phi) is 6.81. The van der Waals surface area contributed by atoms with Crippen molar-refractivity contribution >= 4 is 29.4 Å². The van der Waals surface area contributed by atoms with Crippen LogP contribution in [0.5, 0.6) is 5.75 Å². The van der Waals surface area contributed by atoms with E-state index in [9.17, 15) is 28.0 Å². The minimum Gasteiger partial charge on any atom is -0.452 e. The molecule has 0 unspecified atom stereocenters. The van der Waals surface area contributed by atoms with Gasteiger partial charge in [-0.15, -0.1) is 0 Å². The number of nitrogens with zero attached hydrogens (tertiary/aromatic N) is 1. The first-order chi connectivity index (χ1) is 16.8. The lowest BCUT2D eigenvalue weighted by Gasteiger charge is -2.14. The van der Waals surface area contributed by atoms with Gasteiger partial charge in [-0.05, 0) is 42.0 Å². The SMILES string of the molecule is O=C(COC(=O)c1cccc(CN2C(=O)c3ccccc3C2=O)c1)Nc1ccccc1OC(F)F. The number of benzene rings is 3. The largest absolute Gasteiger partial charge is 0.452 e. The summed E-state index contributed by atoms with van der Waals surface area (Å²) in [7, 11) is 0. The van der Waals surface area contributed by atoms with E-state index in [-0.39, 0.29) is 23.5 Å². The Labute approximate surface area is 198 Å². The topological polar surface area (TPSA) is 102 Å². The number of fused-ring (bicyclic) bond motifs is 1. The molecule has 0 spiro atoms. The molecule has 178 valence electrons. The summed E-state index contributed by atoms with van der Waals surface area (Å²) >= 11 is 0. The summed E-state index contributed by atoms with van der Waals surface area (Å²) in [5.41, 5.74) is 1.25. The van der Waals surface area contributed by atoms with Crippen LogP contribution in [0.25, 0.3) is 0 Å². The predicted octanol–water partition coefficient (Wildman–Crippen LogP) is 3.88. The third-order valence-electron chi connectivity index (χ3n) is 5.09. The molecule has 1 aliphatic heterocycles. The fraction of sp³-hybridized carbons (Fsp3) is 0.120. The molecule has 0 bridgehead atoms. The first kappa shape index (κ1) is 23.6. The second-order valence-electron chi connectivity index (χ2n) is 7.44. The lowest BCUT2D eigenvalue weighted by atomic mass is 10.1. The van der Waals surface area contributed by atoms with Crippen LogP contribution in [0.3, 0.4) is 0 Å². The Balaban J connectivity index is 1.36. The second kappa shape index (κ2) is 10.1. The zero-order chi connectivity index (χ0) is 24.9. The highest BCUT2D eigenvalue weighted by molar-refractivity contribution is 6.21. The van der Waals surface area contributed by atoms with E-state index in [1.54, 1.807) is 36.4 Å². The number of amides is 3. The Morgan fingerprint density at radius 3 is 2.23 bits per heavy atom. The average Bonchev–Trinajstić information content (AvgIpc) is 3.08. The van der Waals surface area contributed by atoms with Gasteiger partial charge < -0.3 is 14.8 Å². The number of nitrogens with one attached hydrogen (secondary N) is 1. The van der Waals surface area contributed by atoms with Crippen molar-refractivity contribution in [1.82, 2.24) is 4.90 Å². The predicted molar refractivity (Wildman–Crippen MR) is 119 cm³/mol. The van der Waals surface area contributed by atoms with Gasteiger partial charge in [0.15, 0.2) is 6.61 Å². The van der Waals surface area contributed by atoms with Crippen molar-refractivity contribution in [2.24, 2.45) is 0 Å². The number of ether oxygens (including phenoxy) is 2. The van der Waals surface area contributed by atoms with Crippen molar-refractivity contribution in [2.75, 3.05) is 11.9 Å². The number of alkyl halides is 2. The normalized spacial score (nSPS) is 12.5. The number of esters is 1. The minimum atomic E-state index is -3.07. The van der Waals surface area contributed by atoms with Crippen molar-refractivity contribution in [1.29, 1.82) is 0 Å². The molecule has 1 N–H and O–H groups in total. The van der Waals surface area contributed by atoms with Crippen molar-refractivity contribution in [3.05, 3.63) is 95.1 Å². The first-order valence-electron chi connectivity index (χ1n) is 10.4. The van der Waals surface area contributed by atoms with E-state index in [1.807, 2.05) is 0 Å². The number of rotatable bonds is 8. The molecule has 35 heavy (non-hydrogen) atoms. The monoisotopic (exact) mass is 480 g/mol. The summed E-state index contributed by atoms with van der Waals surface area (Å²) < 4.78 is 34.4. The lowest BCUT2D eigenvalue weighted by Crippen LogP contribution is -2.29. The summed E-state index contributed by atoms with van der Waals surface area (Å²) in [6.07, 6.45) is 0. The van der Waals surface area contributed by atoms with E-state index in [1.165, 1.54) is 36.4 Å². The van der Waals surface area contributed by atoms with E-state index in [2.05, 4.69) is 10.1 Å². The third-order valence-corrected chi connectivity index (χ3v) is 5.09. The van der Waals surface area contributed by atoms with Crippen LogP contribution >= 0.6 is 0 Å². The molecular weight excluding hydrogens is 462 g/mol. The molecule has 8 nitrogen and oxygen atoms in total. The fourth-order valence-corrected chi connectivity index (χ4v) is 3.53. The van der Waals surface area contributed by atoms with Gasteiger partial charge in [0.25, 0.3) is 17.7 Å². The van der Waals surface area contributed by atoms with Gasteiger partial charge in [-0.3, -0.25) is 19.3 Å². The highest BCUT2D eigenvalue weighted by atomic mass is 19.3. The maximum Gasteiger partial charge on any atom is 0.387 e. The smallest absolute Gasteiger partial charge is 0.387 e. The molecule has 4 rings (SSSR count). The molecule has 0 aliphatic carbocycles. The number of imide groups is 1. The quantitative estimate of drug-likeness (QED) is 0.388. The number of para-hydroxylation sites is 2. The van der Waals surface area contributed by atoms with Gasteiger partial charge >= 0.3 is 12.6 Å². The fourth-order valence-electron chi connectivity index (χ4n) is 3.53. The Morgan fingerprint density at radius 2 is 1.54 bits per heavy atom. The van der Waals surface area contributed by atoms with Gasteiger partial charge in [-0.1, -0.05) is 36.4 Å². The van der Waals surface area contributed by atoms with Gasteiger partial charge in [0, 0.05) is 0 Å². The Hall–Kier alpha value is -4.60. The average molecular weight is 480 g/mol. The van der Waals surface area contributed by atoms with Gasteiger partial charge in [-0.25, -0.2) is 4.79 Å². The van der Waals surface area contributed by atoms with E-state index < -0.39 is 36.9 Å². The first-order valence-corrected chi connectivity index (χ1v) is 10.4. The third kappa shape index (κ3) is 5.32. The molecule has 3 amide bonds. The van der Waals surface area contributed by atoms with Crippen LogP contribution < -0.4 is 10.1 Å². The van der Waals surface area contributed by atoms with Gasteiger partial charge in [-0.2, -0.15) is 8.78 Å². The van der Waals surface area contributed by atoms with E-state index in [0.29, 0.717) is 16.7 Å². The van der Waals surface area contributed by atoms with Crippen LogP contribution in [0.4, 0.5) is 14.5 Å². The molecule has 0 atom stereocenters. The molecule has 10 heteroatoms. The number of halogens is 2. The molecular formula is C25H18F2N2O6. The molecule has 0 saturated carbocycles. The highest BCUT2D eigenvalue weighted by Gasteiger charge is 2.35. The van der Waals surface area contributed by atoms with Crippen LogP contribution in [-0.4, -0.2) is 41.8 Å². The molecule has 0 fully saturated rings. The summed E-state index contributed by atoms with van der Waals surface area (Å²) in [4.78, 5) is 50.8. The van der Waals surface area contributed by atoms with Crippen molar-refractivity contribution in [3.8, 4) is 5.75 Å². The molecule has 0 saturated heterocycles. The van der Waals surface area contributed by atoms with Crippen LogP contribution in [0, 0.1) is 0 Å². The van der Waals surface area contributed by atoms with Gasteiger partial charge in [0.1, 0.15) is 5.75 Å². The zero-order valence-corrected chi connectivity index (χ0v) is 18.1. The number of hydrogen-bond donors (Lipinski definition) is 1. The Bertz CT molecular complexity index is 1280. The zero-order valence-electron chi connectivity index (χ0n) is 18.1. The number of anilines is 1. The standard InChI is InChI=1S/C25H18F2N2O6/c26-25(27)35-20-11-4-3-10-19(20)28-21(30)14-34-24(33)16-7-5-6-15(12-16)13-29-22(31)17-8-1-2-9-18(17)23(29)32/h1-12,25H,13-14H2,(H,28,30). The van der Waals surface area contributed by atoms with Crippen molar-refractivity contribution in [2.45, 2.75) is 13.2 Å². The summed E-state index contributed by atoms with van der Waals surface area (Å²) in [5, 5.41) is 2.34. The van der Waals surface area contributed by atoms with Crippen molar-refractivity contribution in [3.63, 3.8) is 0 Å². The minimum absolute atomic E-state index is 0.00297. The number of carbonyl (C=O) groups excluding carboxylic acids is 4. The molecule has 3 aromatic rings. The van der Waals surface area contributed by atoms with Crippen LogP contribution in [-0.2, 0) is 16.1 Å². The maximum absolute atomic E-state index is 12.6. The molecule has 0 aromatic heterocycles. The van der Waals surface area contributed by atoms with Crippen molar-refractivity contribution < 1.29 is 37.4 Å². The molecule has 1 heterocycles. The lowest BCUT2D eigenvalue weighted by molar-refractivity contribution is -0.119. The van der Waals surface area contributed by atoms with Gasteiger partial charge in [0.05, 0.1) is 28.9 Å². The number of carbonyl (C=O) groups is 4. The van der Waals surface area contributed by atoms with E-state index in [4.69, 9.17) is 4.74 Å². The maximum atomic E-state index is 12.6. The number of hydrogen-bond acceptors (Lipinski definition) is 6. The molecule has 3 aromatic carbocycles. The Morgan fingerprint density at radius 1 is 0.886 bits per heavy atom. The summed E-state index contributed by atoms with van der Waals surface area (Å²) in [6, 6.07) is 18.2. The summed E-state index contributed by atoms with van der Waals surface area (Å²) in [5.74, 6) is -2.66. The summed E-state index contributed by atoms with van der Waals surface area (Å²) in [6.45, 7) is -3.79. The molecule has 0 radical (unpaired) electrons. The van der Waals surface area contributed by atoms with E-state index >= 15 is 0 Å². The van der Waals surface area contributed by atoms with Crippen LogP contribution in [0.15, 0.2) is 72.8 Å². The van der Waals surface area contributed by atoms with E-state index in [0.717, 1.165) is 4.90 Å². The second-order valence-corrected chi connectivity index (χ2v) is 7.44. The highest BCUT2D eigenvalue weighted by Crippen LogP contribution is 2.26. The van der Waals surface area contributed by atoms with Crippen LogP contribution in [0.2, 0.25) is 0 Å². The van der Waals surface area contributed by atoms with Gasteiger partial charge in [0.2, 0.25) is 0 Å². The molecule has 1 aliphatic rings.